The molecular formula is C18H19N3O2S. The number of imidazole rings is 1. The largest absolute Gasteiger partial charge is 0.345 e. The van der Waals surface area contributed by atoms with Crippen LogP contribution in [0.1, 0.15) is 30.1 Å². The van der Waals surface area contributed by atoms with E-state index in [0.29, 0.717) is 5.82 Å². The van der Waals surface area contributed by atoms with Crippen molar-refractivity contribution in [1.29, 1.82) is 0 Å². The first-order chi connectivity index (χ1) is 11.6. The van der Waals surface area contributed by atoms with Crippen LogP contribution in [0.2, 0.25) is 0 Å². The number of nitrogens with zero attached hydrogens (tertiary/aromatic N) is 1. The molecule has 0 radical (unpaired) electrons. The number of aryl methyl sites for hydroxylation is 2. The van der Waals surface area contributed by atoms with Gasteiger partial charge < -0.3 is 4.98 Å². The van der Waals surface area contributed by atoms with Crippen molar-refractivity contribution in [2.75, 3.05) is 0 Å². The number of rotatable bonds is 4. The Morgan fingerprint density at radius 2 is 1.83 bits per heavy atom. The summed E-state index contributed by atoms with van der Waals surface area (Å²) < 4.78 is 27.7. The molecule has 0 fully saturated rings. The second-order valence-corrected chi connectivity index (χ2v) is 7.92. The van der Waals surface area contributed by atoms with E-state index in [2.05, 4.69) is 14.7 Å². The van der Waals surface area contributed by atoms with E-state index in [1.54, 1.807) is 12.1 Å². The molecule has 0 unspecified atom stereocenters. The topological polar surface area (TPSA) is 74.8 Å². The van der Waals surface area contributed by atoms with Crippen molar-refractivity contribution in [2.45, 2.75) is 37.1 Å². The van der Waals surface area contributed by atoms with Crippen LogP contribution in [0.3, 0.4) is 0 Å². The van der Waals surface area contributed by atoms with Crippen molar-refractivity contribution in [3.05, 3.63) is 59.7 Å². The van der Waals surface area contributed by atoms with E-state index in [4.69, 9.17) is 0 Å². The molecule has 6 heteroatoms. The van der Waals surface area contributed by atoms with Crippen LogP contribution in [-0.2, 0) is 29.4 Å². The van der Waals surface area contributed by atoms with Gasteiger partial charge >= 0.3 is 0 Å². The Bertz CT molecular complexity index is 969. The van der Waals surface area contributed by atoms with Crippen LogP contribution in [0.15, 0.2) is 47.4 Å². The van der Waals surface area contributed by atoms with Crippen LogP contribution in [0, 0.1) is 0 Å². The fourth-order valence-electron chi connectivity index (χ4n) is 3.18. The third-order valence-corrected chi connectivity index (χ3v) is 5.86. The summed E-state index contributed by atoms with van der Waals surface area (Å²) in [5, 5.41) is 1.93. The molecule has 0 spiro atoms. The third kappa shape index (κ3) is 2.95. The molecule has 4 rings (SSSR count). The molecule has 2 N–H and O–H groups in total. The van der Waals surface area contributed by atoms with Gasteiger partial charge in [0.15, 0.2) is 0 Å². The Labute approximate surface area is 141 Å². The summed E-state index contributed by atoms with van der Waals surface area (Å²) in [6.45, 7) is 0.183. The van der Waals surface area contributed by atoms with Gasteiger partial charge in [-0.1, -0.05) is 30.3 Å². The lowest BCUT2D eigenvalue weighted by Gasteiger charge is -2.07. The van der Waals surface area contributed by atoms with Crippen LogP contribution in [-0.4, -0.2) is 18.4 Å². The molecule has 5 nitrogen and oxygen atoms in total. The molecule has 1 heterocycles. The normalized spacial score (nSPS) is 14.7. The van der Waals surface area contributed by atoms with Gasteiger partial charge in [-0.3, -0.25) is 0 Å². The molecule has 0 bridgehead atoms. The predicted molar refractivity (Wildman–Crippen MR) is 93.2 cm³/mol. The van der Waals surface area contributed by atoms with Crippen LogP contribution >= 0.6 is 0 Å². The summed E-state index contributed by atoms with van der Waals surface area (Å²) in [6.07, 6.45) is 4.29. The highest BCUT2D eigenvalue weighted by Gasteiger charge is 2.18. The van der Waals surface area contributed by atoms with Crippen LogP contribution in [0.5, 0.6) is 0 Å². The number of benzene rings is 2. The van der Waals surface area contributed by atoms with Crippen LogP contribution < -0.4 is 4.72 Å². The Morgan fingerprint density at radius 1 is 1.04 bits per heavy atom. The standard InChI is InChI=1S/C18H19N3O2S/c22-24(23,15-10-9-13-5-1-2-6-14(13)11-15)19-12-18-20-16-7-3-4-8-17(16)21-18/h1-2,5-6,9-11,19H,3-4,7-8,12H2,(H,20,21). The van der Waals surface area contributed by atoms with Gasteiger partial charge in [-0.2, -0.15) is 0 Å². The zero-order chi connectivity index (χ0) is 16.6. The molecule has 0 saturated heterocycles. The molecule has 3 aromatic rings. The zero-order valence-electron chi connectivity index (χ0n) is 13.2. The third-order valence-electron chi connectivity index (χ3n) is 4.46. The Morgan fingerprint density at radius 3 is 2.67 bits per heavy atom. The lowest BCUT2D eigenvalue weighted by atomic mass is 10.0. The minimum Gasteiger partial charge on any atom is -0.345 e. The van der Waals surface area contributed by atoms with Gasteiger partial charge in [-0.25, -0.2) is 18.1 Å². The van der Waals surface area contributed by atoms with Gasteiger partial charge in [-0.15, -0.1) is 0 Å². The number of fused-ring (bicyclic) bond motifs is 2. The van der Waals surface area contributed by atoms with E-state index in [-0.39, 0.29) is 11.4 Å². The lowest BCUT2D eigenvalue weighted by molar-refractivity contribution is 0.579. The van der Waals surface area contributed by atoms with Crippen molar-refractivity contribution in [3.63, 3.8) is 0 Å². The summed E-state index contributed by atoms with van der Waals surface area (Å²) in [6, 6.07) is 12.9. The molecule has 24 heavy (non-hydrogen) atoms. The van der Waals surface area contributed by atoms with Crippen LogP contribution in [0.4, 0.5) is 0 Å². The quantitative estimate of drug-likeness (QED) is 0.766. The second kappa shape index (κ2) is 6.03. The molecule has 2 aromatic carbocycles. The molecule has 1 aliphatic carbocycles. The summed E-state index contributed by atoms with van der Waals surface area (Å²) in [4.78, 5) is 8.04. The first kappa shape index (κ1) is 15.4. The number of hydrogen-bond acceptors (Lipinski definition) is 3. The molecule has 1 aliphatic rings. The number of hydrogen-bond donors (Lipinski definition) is 2. The molecule has 0 aliphatic heterocycles. The molecule has 124 valence electrons. The maximum Gasteiger partial charge on any atom is 0.240 e. The zero-order valence-corrected chi connectivity index (χ0v) is 14.1. The maximum absolute atomic E-state index is 12.5. The van der Waals surface area contributed by atoms with E-state index >= 15 is 0 Å². The first-order valence-electron chi connectivity index (χ1n) is 8.17. The number of nitrogens with one attached hydrogen (secondary N) is 2. The van der Waals surface area contributed by atoms with Crippen molar-refractivity contribution < 1.29 is 8.42 Å². The van der Waals surface area contributed by atoms with Gasteiger partial charge in [0.2, 0.25) is 10.0 Å². The average molecular weight is 341 g/mol. The van der Waals surface area contributed by atoms with Crippen molar-refractivity contribution in [1.82, 2.24) is 14.7 Å². The monoisotopic (exact) mass is 341 g/mol. The highest BCUT2D eigenvalue weighted by atomic mass is 32.2. The SMILES string of the molecule is O=S(=O)(NCc1nc2c([nH]1)CCCC2)c1ccc2ccccc2c1. The minimum atomic E-state index is -3.56. The Balaban J connectivity index is 1.54. The molecule has 0 amide bonds. The second-order valence-electron chi connectivity index (χ2n) is 6.15. The lowest BCUT2D eigenvalue weighted by Crippen LogP contribution is -2.23. The van der Waals surface area contributed by atoms with E-state index in [9.17, 15) is 8.42 Å². The summed E-state index contributed by atoms with van der Waals surface area (Å²) >= 11 is 0. The van der Waals surface area contributed by atoms with Crippen molar-refractivity contribution >= 4 is 20.8 Å². The summed E-state index contributed by atoms with van der Waals surface area (Å²) in [5.41, 5.74) is 2.24. The minimum absolute atomic E-state index is 0.183. The van der Waals surface area contributed by atoms with Crippen molar-refractivity contribution in [3.8, 4) is 0 Å². The fraction of sp³-hybridized carbons (Fsp3) is 0.278. The highest BCUT2D eigenvalue weighted by Crippen LogP contribution is 2.20. The van der Waals surface area contributed by atoms with E-state index in [1.165, 1.54) is 0 Å². The maximum atomic E-state index is 12.5. The highest BCUT2D eigenvalue weighted by molar-refractivity contribution is 7.89. The molecule has 0 atom stereocenters. The van der Waals surface area contributed by atoms with Crippen LogP contribution in [0.25, 0.3) is 10.8 Å². The van der Waals surface area contributed by atoms with Gasteiger partial charge in [0.05, 0.1) is 17.1 Å². The molecule has 0 saturated carbocycles. The first-order valence-corrected chi connectivity index (χ1v) is 9.65. The van der Waals surface area contributed by atoms with E-state index in [1.807, 2.05) is 30.3 Å². The number of aromatic nitrogens is 2. The van der Waals surface area contributed by atoms with Crippen molar-refractivity contribution in [2.24, 2.45) is 0 Å². The number of sulfonamides is 1. The average Bonchev–Trinajstić information content (AvgIpc) is 3.03. The van der Waals surface area contributed by atoms with Gasteiger partial charge in [0.25, 0.3) is 0 Å². The van der Waals surface area contributed by atoms with Gasteiger partial charge in [0.1, 0.15) is 5.82 Å². The van der Waals surface area contributed by atoms with Gasteiger partial charge in [0, 0.05) is 5.69 Å². The molecule has 1 aromatic heterocycles. The fourth-order valence-corrected chi connectivity index (χ4v) is 4.20. The summed E-state index contributed by atoms with van der Waals surface area (Å²) in [5.74, 6) is 0.686. The number of aromatic amines is 1. The van der Waals surface area contributed by atoms with E-state index < -0.39 is 10.0 Å². The smallest absolute Gasteiger partial charge is 0.240 e. The van der Waals surface area contributed by atoms with E-state index in [0.717, 1.165) is 47.8 Å². The van der Waals surface area contributed by atoms with Gasteiger partial charge in [-0.05, 0) is 48.6 Å². The Hall–Kier alpha value is -2.18. The predicted octanol–water partition coefficient (Wildman–Crippen LogP) is 2.92. The Kier molecular flexibility index (Phi) is 3.86. The molecular weight excluding hydrogens is 322 g/mol. The number of H-pyrrole nitrogens is 1. The summed E-state index contributed by atoms with van der Waals surface area (Å²) in [7, 11) is -3.56.